The molecule has 3 aromatic carbocycles. The number of aromatic amines is 1. The normalized spacial score (nSPS) is 18.3. The summed E-state index contributed by atoms with van der Waals surface area (Å²) in [6.45, 7) is 1.88. The van der Waals surface area contributed by atoms with Gasteiger partial charge in [-0.3, -0.25) is 4.79 Å². The highest BCUT2D eigenvalue weighted by Gasteiger charge is 2.41. The van der Waals surface area contributed by atoms with Gasteiger partial charge in [0.25, 0.3) is 0 Å². The smallest absolute Gasteiger partial charge is 0.234 e. The van der Waals surface area contributed by atoms with Gasteiger partial charge in [-0.25, -0.2) is 28.1 Å². The molecule has 3 heterocycles. The van der Waals surface area contributed by atoms with Crippen molar-refractivity contribution < 1.29 is 27.4 Å². The fourth-order valence-electron chi connectivity index (χ4n) is 4.47. The second kappa shape index (κ2) is 11.7. The van der Waals surface area contributed by atoms with Crippen LogP contribution in [0.5, 0.6) is 0 Å². The van der Waals surface area contributed by atoms with E-state index in [1.165, 1.54) is 24.4 Å². The van der Waals surface area contributed by atoms with Crippen LogP contribution in [-0.2, 0) is 14.3 Å². The molecule has 6 rings (SSSR count). The summed E-state index contributed by atoms with van der Waals surface area (Å²) in [6, 6.07) is 19.9. The number of halogens is 3. The van der Waals surface area contributed by atoms with Gasteiger partial charge in [-0.15, -0.1) is 0 Å². The third-order valence-corrected chi connectivity index (χ3v) is 6.84. The van der Waals surface area contributed by atoms with Gasteiger partial charge in [-0.05, 0) is 61.5 Å². The first-order valence-corrected chi connectivity index (χ1v) is 13.3. The van der Waals surface area contributed by atoms with Crippen molar-refractivity contribution in [1.82, 2.24) is 19.9 Å². The third kappa shape index (κ3) is 6.10. The Bertz CT molecular complexity index is 1760. The maximum Gasteiger partial charge on any atom is 0.234 e. The number of ether oxygens (including phenoxy) is 2. The maximum absolute atomic E-state index is 13.7. The quantitative estimate of drug-likeness (QED) is 0.203. The molecule has 0 atom stereocenters. The second-order valence-electron chi connectivity index (χ2n) is 10.2. The Kier molecular flexibility index (Phi) is 7.61. The van der Waals surface area contributed by atoms with Crippen molar-refractivity contribution >= 4 is 23.2 Å². The SMILES string of the molecule is CC1(C(=O)Nc2ccccc2)COC(c2nc(-c3ccc(F)cc3)c(-c3ccnc(Nc4ccc(F)c(F)c4)n3)[nH]2)OC1. The van der Waals surface area contributed by atoms with Crippen LogP contribution in [0, 0.1) is 22.9 Å². The van der Waals surface area contributed by atoms with Gasteiger partial charge in [0, 0.05) is 29.2 Å². The van der Waals surface area contributed by atoms with E-state index in [9.17, 15) is 18.0 Å². The molecular weight excluding hydrogens is 561 g/mol. The Morgan fingerprint density at radius 3 is 2.37 bits per heavy atom. The van der Waals surface area contributed by atoms with E-state index in [0.29, 0.717) is 34.2 Å². The number of aromatic nitrogens is 4. The number of carbonyl (C=O) groups excluding carboxylic acids is 1. The average Bonchev–Trinajstić information content (AvgIpc) is 3.46. The van der Waals surface area contributed by atoms with Crippen molar-refractivity contribution in [2.24, 2.45) is 5.41 Å². The van der Waals surface area contributed by atoms with E-state index in [1.807, 2.05) is 18.2 Å². The molecule has 0 radical (unpaired) electrons. The van der Waals surface area contributed by atoms with Gasteiger partial charge in [0.15, 0.2) is 17.5 Å². The van der Waals surface area contributed by atoms with Gasteiger partial charge in [-0.1, -0.05) is 18.2 Å². The van der Waals surface area contributed by atoms with Crippen molar-refractivity contribution in [1.29, 1.82) is 0 Å². The zero-order chi connectivity index (χ0) is 30.0. The van der Waals surface area contributed by atoms with Crippen LogP contribution in [0.15, 0.2) is 85.1 Å². The summed E-state index contributed by atoms with van der Waals surface area (Å²) in [4.78, 5) is 29.6. The highest BCUT2D eigenvalue weighted by Crippen LogP contribution is 2.36. The molecule has 1 aliphatic rings. The monoisotopic (exact) mass is 586 g/mol. The zero-order valence-electron chi connectivity index (χ0n) is 22.8. The van der Waals surface area contributed by atoms with Crippen molar-refractivity contribution in [2.75, 3.05) is 23.8 Å². The van der Waals surface area contributed by atoms with E-state index in [0.717, 1.165) is 12.1 Å². The molecule has 5 aromatic rings. The third-order valence-electron chi connectivity index (χ3n) is 6.84. The topological polar surface area (TPSA) is 114 Å². The number of anilines is 3. The first-order chi connectivity index (χ1) is 20.8. The van der Waals surface area contributed by atoms with Gasteiger partial charge in [-0.2, -0.15) is 0 Å². The molecule has 3 N–H and O–H groups in total. The number of nitrogens with one attached hydrogen (secondary N) is 3. The molecule has 1 amide bonds. The molecule has 12 heteroatoms. The molecule has 1 fully saturated rings. The highest BCUT2D eigenvalue weighted by molar-refractivity contribution is 5.95. The predicted molar refractivity (Wildman–Crippen MR) is 152 cm³/mol. The van der Waals surface area contributed by atoms with Crippen LogP contribution in [0.25, 0.3) is 22.6 Å². The van der Waals surface area contributed by atoms with Gasteiger partial charge < -0.3 is 25.1 Å². The minimum Gasteiger partial charge on any atom is -0.345 e. The number of hydrogen-bond acceptors (Lipinski definition) is 7. The van der Waals surface area contributed by atoms with Crippen LogP contribution in [-0.4, -0.2) is 39.1 Å². The molecule has 0 aliphatic carbocycles. The summed E-state index contributed by atoms with van der Waals surface area (Å²) in [5.74, 6) is -2.21. The molecule has 0 bridgehead atoms. The zero-order valence-corrected chi connectivity index (χ0v) is 22.8. The maximum atomic E-state index is 13.7. The number of rotatable bonds is 7. The van der Waals surface area contributed by atoms with Gasteiger partial charge in [0.05, 0.1) is 35.7 Å². The van der Waals surface area contributed by atoms with E-state index in [1.54, 1.807) is 37.3 Å². The Hall–Kier alpha value is -5.07. The van der Waals surface area contributed by atoms with Crippen molar-refractivity contribution in [3.63, 3.8) is 0 Å². The molecule has 2 aromatic heterocycles. The van der Waals surface area contributed by atoms with Crippen LogP contribution in [0.2, 0.25) is 0 Å². The summed E-state index contributed by atoms with van der Waals surface area (Å²) in [7, 11) is 0. The Labute approximate surface area is 244 Å². The predicted octanol–water partition coefficient (Wildman–Crippen LogP) is 6.39. The molecule has 1 saturated heterocycles. The summed E-state index contributed by atoms with van der Waals surface area (Å²) in [5, 5.41) is 5.74. The number of para-hydroxylation sites is 1. The molecule has 218 valence electrons. The van der Waals surface area contributed by atoms with E-state index in [2.05, 4.69) is 25.6 Å². The van der Waals surface area contributed by atoms with Crippen LogP contribution in [0.1, 0.15) is 19.0 Å². The number of carbonyl (C=O) groups is 1. The fourth-order valence-corrected chi connectivity index (χ4v) is 4.47. The summed E-state index contributed by atoms with van der Waals surface area (Å²) < 4.78 is 52.8. The molecule has 0 saturated carbocycles. The van der Waals surface area contributed by atoms with E-state index >= 15 is 0 Å². The number of H-pyrrole nitrogens is 1. The Morgan fingerprint density at radius 2 is 1.65 bits per heavy atom. The number of imidazole rings is 1. The molecular formula is C31H25F3N6O3. The minimum absolute atomic E-state index is 0.0635. The largest absolute Gasteiger partial charge is 0.345 e. The number of amides is 1. The molecule has 0 spiro atoms. The lowest BCUT2D eigenvalue weighted by molar-refractivity contribution is -0.229. The first kappa shape index (κ1) is 28.1. The van der Waals surface area contributed by atoms with Gasteiger partial charge in [0.2, 0.25) is 18.1 Å². The lowest BCUT2D eigenvalue weighted by Crippen LogP contribution is -2.45. The molecule has 9 nitrogen and oxygen atoms in total. The Balaban J connectivity index is 1.26. The van der Waals surface area contributed by atoms with Crippen molar-refractivity contribution in [3.05, 3.63) is 108 Å². The number of benzene rings is 3. The summed E-state index contributed by atoms with van der Waals surface area (Å²) in [6.07, 6.45) is 0.566. The molecule has 1 aliphatic heterocycles. The van der Waals surface area contributed by atoms with Gasteiger partial charge >= 0.3 is 0 Å². The van der Waals surface area contributed by atoms with E-state index in [-0.39, 0.29) is 30.8 Å². The second-order valence-corrected chi connectivity index (χ2v) is 10.2. The first-order valence-electron chi connectivity index (χ1n) is 13.3. The Morgan fingerprint density at radius 1 is 0.907 bits per heavy atom. The summed E-state index contributed by atoms with van der Waals surface area (Å²) in [5.41, 5.74) is 1.86. The van der Waals surface area contributed by atoms with Gasteiger partial charge in [0.1, 0.15) is 5.82 Å². The minimum atomic E-state index is -1.01. The fraction of sp³-hybridized carbons (Fsp3) is 0.161. The van der Waals surface area contributed by atoms with Crippen molar-refractivity contribution in [2.45, 2.75) is 13.2 Å². The van der Waals surface area contributed by atoms with Crippen LogP contribution in [0.3, 0.4) is 0 Å². The average molecular weight is 587 g/mol. The van der Waals surface area contributed by atoms with E-state index < -0.39 is 29.2 Å². The number of hydrogen-bond donors (Lipinski definition) is 3. The van der Waals surface area contributed by atoms with Crippen molar-refractivity contribution in [3.8, 4) is 22.6 Å². The highest BCUT2D eigenvalue weighted by atomic mass is 19.2. The van der Waals surface area contributed by atoms with Crippen LogP contribution < -0.4 is 10.6 Å². The molecule has 0 unspecified atom stereocenters. The molecule has 43 heavy (non-hydrogen) atoms. The van der Waals surface area contributed by atoms with E-state index in [4.69, 9.17) is 14.5 Å². The lowest BCUT2D eigenvalue weighted by atomic mass is 9.91. The lowest BCUT2D eigenvalue weighted by Gasteiger charge is -2.35. The van der Waals surface area contributed by atoms with Crippen LogP contribution in [0.4, 0.5) is 30.5 Å². The van der Waals surface area contributed by atoms with Crippen LogP contribution >= 0.6 is 0 Å². The standard InChI is InChI=1S/C31H25F3N6O3/c1-31(29(41)36-20-5-3-2-4-6-20)16-42-28(43-17-31)27-39-25(18-7-9-19(32)10-8-18)26(40-27)24-13-14-35-30(38-24)37-21-11-12-22(33)23(34)15-21/h2-15,28H,16-17H2,1H3,(H,36,41)(H,39,40)(H,35,37,38). The summed E-state index contributed by atoms with van der Waals surface area (Å²) >= 11 is 0. The number of nitrogens with zero attached hydrogens (tertiary/aromatic N) is 3.